The van der Waals surface area contributed by atoms with Crippen LogP contribution in [0.1, 0.15) is 26.7 Å². The Labute approximate surface area is 73.9 Å². The molecule has 2 heteroatoms. The van der Waals surface area contributed by atoms with Crippen molar-refractivity contribution < 1.29 is 10.2 Å². The van der Waals surface area contributed by atoms with Gasteiger partial charge in [0.25, 0.3) is 0 Å². The first kappa shape index (κ1) is 9.75. The summed E-state index contributed by atoms with van der Waals surface area (Å²) in [6, 6.07) is 0. The molecule has 0 heterocycles. The van der Waals surface area contributed by atoms with Gasteiger partial charge in [0, 0.05) is 12.5 Å². The van der Waals surface area contributed by atoms with Crippen molar-refractivity contribution in [2.24, 2.45) is 11.8 Å². The summed E-state index contributed by atoms with van der Waals surface area (Å²) < 4.78 is 0. The van der Waals surface area contributed by atoms with Crippen molar-refractivity contribution in [3.05, 3.63) is 11.6 Å². The van der Waals surface area contributed by atoms with E-state index in [1.807, 2.05) is 6.08 Å². The van der Waals surface area contributed by atoms with Gasteiger partial charge < -0.3 is 10.2 Å². The largest absolute Gasteiger partial charge is 0.396 e. The van der Waals surface area contributed by atoms with Gasteiger partial charge in [-0.3, -0.25) is 0 Å². The Morgan fingerprint density at radius 3 is 2.67 bits per heavy atom. The fourth-order valence-corrected chi connectivity index (χ4v) is 1.64. The lowest BCUT2D eigenvalue weighted by atomic mass is 9.84. The molecule has 2 N–H and O–H groups in total. The first-order valence-corrected chi connectivity index (χ1v) is 4.64. The zero-order valence-electron chi connectivity index (χ0n) is 7.83. The zero-order chi connectivity index (χ0) is 9.14. The van der Waals surface area contributed by atoms with E-state index in [2.05, 4.69) is 13.8 Å². The molecule has 0 saturated carbocycles. The number of aliphatic hydroxyl groups is 2. The van der Waals surface area contributed by atoms with Crippen molar-refractivity contribution in [1.29, 1.82) is 0 Å². The SMILES string of the molecule is CC(C)C1=CC(O)C(CO)CC1. The minimum atomic E-state index is -0.429. The van der Waals surface area contributed by atoms with E-state index in [1.165, 1.54) is 5.57 Å². The summed E-state index contributed by atoms with van der Waals surface area (Å²) in [5.74, 6) is 0.590. The van der Waals surface area contributed by atoms with Gasteiger partial charge in [-0.15, -0.1) is 0 Å². The Bertz CT molecular complexity index is 173. The highest BCUT2D eigenvalue weighted by Crippen LogP contribution is 2.27. The maximum absolute atomic E-state index is 9.55. The first-order valence-electron chi connectivity index (χ1n) is 4.64. The van der Waals surface area contributed by atoms with Crippen LogP contribution < -0.4 is 0 Å². The van der Waals surface area contributed by atoms with E-state index in [9.17, 15) is 5.11 Å². The Morgan fingerprint density at radius 2 is 2.25 bits per heavy atom. The molecule has 1 rings (SSSR count). The average Bonchev–Trinajstić information content (AvgIpc) is 2.04. The van der Waals surface area contributed by atoms with Crippen LogP contribution in [0, 0.1) is 11.8 Å². The lowest BCUT2D eigenvalue weighted by Crippen LogP contribution is -2.26. The van der Waals surface area contributed by atoms with Gasteiger partial charge in [-0.05, 0) is 18.8 Å². The van der Waals surface area contributed by atoms with Crippen LogP contribution >= 0.6 is 0 Å². The molecule has 2 unspecified atom stereocenters. The second-order valence-electron chi connectivity index (χ2n) is 3.87. The highest BCUT2D eigenvalue weighted by atomic mass is 16.3. The summed E-state index contributed by atoms with van der Waals surface area (Å²) in [6.07, 6.45) is 3.43. The summed E-state index contributed by atoms with van der Waals surface area (Å²) in [5, 5.41) is 18.4. The van der Waals surface area contributed by atoms with E-state index in [0.29, 0.717) is 5.92 Å². The van der Waals surface area contributed by atoms with Gasteiger partial charge >= 0.3 is 0 Å². The Balaban J connectivity index is 2.61. The van der Waals surface area contributed by atoms with E-state index in [0.717, 1.165) is 12.8 Å². The van der Waals surface area contributed by atoms with Crippen LogP contribution in [0.2, 0.25) is 0 Å². The molecule has 0 radical (unpaired) electrons. The molecule has 1 aliphatic rings. The molecule has 0 saturated heterocycles. The summed E-state index contributed by atoms with van der Waals surface area (Å²) >= 11 is 0. The van der Waals surface area contributed by atoms with Gasteiger partial charge in [0.2, 0.25) is 0 Å². The highest BCUT2D eigenvalue weighted by molar-refractivity contribution is 5.12. The Morgan fingerprint density at radius 1 is 1.58 bits per heavy atom. The number of allylic oxidation sites excluding steroid dienone is 1. The smallest absolute Gasteiger partial charge is 0.0773 e. The van der Waals surface area contributed by atoms with Crippen molar-refractivity contribution in [2.45, 2.75) is 32.8 Å². The third-order valence-electron chi connectivity index (χ3n) is 2.65. The van der Waals surface area contributed by atoms with Gasteiger partial charge in [0.15, 0.2) is 0 Å². The predicted molar refractivity (Wildman–Crippen MR) is 48.7 cm³/mol. The molecule has 0 amide bonds. The monoisotopic (exact) mass is 170 g/mol. The van der Waals surface area contributed by atoms with Crippen molar-refractivity contribution in [2.75, 3.05) is 6.61 Å². The van der Waals surface area contributed by atoms with Crippen LogP contribution in [-0.4, -0.2) is 22.9 Å². The Kier molecular flexibility index (Phi) is 3.29. The van der Waals surface area contributed by atoms with E-state index in [4.69, 9.17) is 5.11 Å². The third kappa shape index (κ3) is 2.08. The minimum absolute atomic E-state index is 0.0625. The Hall–Kier alpha value is -0.340. The molecule has 0 aromatic heterocycles. The molecule has 1 aliphatic carbocycles. The van der Waals surface area contributed by atoms with Gasteiger partial charge in [0.1, 0.15) is 0 Å². The van der Waals surface area contributed by atoms with E-state index in [1.54, 1.807) is 0 Å². The molecular weight excluding hydrogens is 152 g/mol. The summed E-state index contributed by atoms with van der Waals surface area (Å²) in [7, 11) is 0. The molecule has 0 aromatic carbocycles. The molecular formula is C10H18O2. The highest BCUT2D eigenvalue weighted by Gasteiger charge is 2.22. The van der Waals surface area contributed by atoms with Crippen molar-refractivity contribution in [3.63, 3.8) is 0 Å². The van der Waals surface area contributed by atoms with Crippen molar-refractivity contribution in [3.8, 4) is 0 Å². The molecule has 70 valence electrons. The minimum Gasteiger partial charge on any atom is -0.396 e. The van der Waals surface area contributed by atoms with E-state index in [-0.39, 0.29) is 12.5 Å². The molecule has 2 atom stereocenters. The van der Waals surface area contributed by atoms with Crippen molar-refractivity contribution >= 4 is 0 Å². The molecule has 12 heavy (non-hydrogen) atoms. The molecule has 2 nitrogen and oxygen atoms in total. The summed E-state index contributed by atoms with van der Waals surface area (Å²) in [5.41, 5.74) is 1.33. The van der Waals surface area contributed by atoms with Crippen LogP contribution in [0.15, 0.2) is 11.6 Å². The van der Waals surface area contributed by atoms with Gasteiger partial charge in [-0.2, -0.15) is 0 Å². The lowest BCUT2D eigenvalue weighted by molar-refractivity contribution is 0.0873. The lowest BCUT2D eigenvalue weighted by Gasteiger charge is -2.26. The number of hydrogen-bond acceptors (Lipinski definition) is 2. The molecule has 0 spiro atoms. The second-order valence-corrected chi connectivity index (χ2v) is 3.87. The van der Waals surface area contributed by atoms with Crippen LogP contribution in [0.25, 0.3) is 0 Å². The molecule has 0 bridgehead atoms. The van der Waals surface area contributed by atoms with Gasteiger partial charge in [-0.25, -0.2) is 0 Å². The van der Waals surface area contributed by atoms with Crippen LogP contribution in [0.3, 0.4) is 0 Å². The standard InChI is InChI=1S/C10H18O2/c1-7(2)8-3-4-9(6-11)10(12)5-8/h5,7,9-12H,3-4,6H2,1-2H3. The van der Waals surface area contributed by atoms with Crippen molar-refractivity contribution in [1.82, 2.24) is 0 Å². The number of rotatable bonds is 2. The number of aliphatic hydroxyl groups excluding tert-OH is 2. The van der Waals surface area contributed by atoms with Gasteiger partial charge in [-0.1, -0.05) is 25.5 Å². The van der Waals surface area contributed by atoms with Crippen LogP contribution in [0.4, 0.5) is 0 Å². The summed E-state index contributed by atoms with van der Waals surface area (Å²) in [4.78, 5) is 0. The third-order valence-corrected chi connectivity index (χ3v) is 2.65. The van der Waals surface area contributed by atoms with Gasteiger partial charge in [0.05, 0.1) is 6.10 Å². The van der Waals surface area contributed by atoms with E-state index >= 15 is 0 Å². The molecule has 0 aromatic rings. The second kappa shape index (κ2) is 4.06. The quantitative estimate of drug-likeness (QED) is 0.614. The fourth-order valence-electron chi connectivity index (χ4n) is 1.64. The van der Waals surface area contributed by atoms with Crippen LogP contribution in [0.5, 0.6) is 0 Å². The van der Waals surface area contributed by atoms with Crippen LogP contribution in [-0.2, 0) is 0 Å². The summed E-state index contributed by atoms with van der Waals surface area (Å²) in [6.45, 7) is 4.37. The average molecular weight is 170 g/mol. The molecule has 0 fully saturated rings. The number of hydrogen-bond donors (Lipinski definition) is 2. The zero-order valence-corrected chi connectivity index (χ0v) is 7.83. The predicted octanol–water partition coefficient (Wildman–Crippen LogP) is 1.33. The first-order chi connectivity index (χ1) is 5.65. The normalized spacial score (nSPS) is 30.6. The topological polar surface area (TPSA) is 40.5 Å². The maximum atomic E-state index is 9.55. The maximum Gasteiger partial charge on any atom is 0.0773 e. The fraction of sp³-hybridized carbons (Fsp3) is 0.800. The molecule has 0 aliphatic heterocycles. The van der Waals surface area contributed by atoms with E-state index < -0.39 is 6.10 Å².